The van der Waals surface area contributed by atoms with Crippen LogP contribution in [0.25, 0.3) is 9.88 Å². The lowest BCUT2D eigenvalue weighted by Crippen LogP contribution is -2.15. The Morgan fingerprint density at radius 1 is 1.41 bits per heavy atom. The number of aromatic nitrogens is 1. The van der Waals surface area contributed by atoms with Gasteiger partial charge in [-0.3, -0.25) is 0 Å². The molecule has 0 radical (unpaired) electrons. The van der Waals surface area contributed by atoms with Crippen LogP contribution >= 0.6 is 54.5 Å². The molecule has 0 bridgehead atoms. The van der Waals surface area contributed by atoms with Crippen molar-refractivity contribution < 1.29 is 0 Å². The highest BCUT2D eigenvalue weighted by atomic mass is 79.9. The molecule has 0 aliphatic heterocycles. The van der Waals surface area contributed by atoms with Gasteiger partial charge in [-0.05, 0) is 50.8 Å². The molecular formula is C11H10Br2N2S2. The van der Waals surface area contributed by atoms with E-state index in [1.54, 1.807) is 22.7 Å². The second-order valence-corrected chi connectivity index (χ2v) is 8.11. The molecule has 2 aromatic rings. The molecule has 0 unspecified atom stereocenters. The summed E-state index contributed by atoms with van der Waals surface area (Å²) in [6.45, 7) is 0.898. The summed E-state index contributed by atoms with van der Waals surface area (Å²) in [6.07, 6.45) is 2.64. The van der Waals surface area contributed by atoms with E-state index in [9.17, 15) is 0 Å². The number of thiazole rings is 1. The number of nitrogens with zero attached hydrogens (tertiary/aromatic N) is 1. The first kappa shape index (κ1) is 12.3. The predicted molar refractivity (Wildman–Crippen MR) is 80.7 cm³/mol. The van der Waals surface area contributed by atoms with E-state index >= 15 is 0 Å². The summed E-state index contributed by atoms with van der Waals surface area (Å²) in [4.78, 5) is 5.87. The Labute approximate surface area is 125 Å². The minimum absolute atomic E-state index is 0.741. The second-order valence-electron chi connectivity index (χ2n) is 4.03. The molecule has 1 saturated carbocycles. The maximum absolute atomic E-state index is 4.66. The molecule has 0 spiro atoms. The minimum Gasteiger partial charge on any atom is -0.308 e. The molecule has 2 aromatic heterocycles. The summed E-state index contributed by atoms with van der Waals surface area (Å²) in [5, 5.41) is 6.73. The first-order chi connectivity index (χ1) is 8.22. The van der Waals surface area contributed by atoms with Gasteiger partial charge in [0, 0.05) is 22.4 Å². The summed E-state index contributed by atoms with van der Waals surface area (Å²) in [7, 11) is 0. The molecule has 0 atom stereocenters. The number of nitrogens with one attached hydrogen (secondary N) is 1. The van der Waals surface area contributed by atoms with Gasteiger partial charge in [-0.2, -0.15) is 0 Å². The lowest BCUT2D eigenvalue weighted by Gasteiger charge is -1.97. The average Bonchev–Trinajstić information content (AvgIpc) is 2.92. The topological polar surface area (TPSA) is 24.9 Å². The van der Waals surface area contributed by atoms with Crippen molar-refractivity contribution in [2.75, 3.05) is 0 Å². The zero-order valence-corrected chi connectivity index (χ0v) is 13.7. The van der Waals surface area contributed by atoms with E-state index in [4.69, 9.17) is 0 Å². The third-order valence-electron chi connectivity index (χ3n) is 2.56. The largest absolute Gasteiger partial charge is 0.308 e. The Bertz CT molecular complexity index is 512. The summed E-state index contributed by atoms with van der Waals surface area (Å²) in [5.74, 6) is 0. The maximum Gasteiger partial charge on any atom is 0.133 e. The third kappa shape index (κ3) is 2.98. The molecule has 17 heavy (non-hydrogen) atoms. The molecule has 1 aliphatic rings. The Hall–Kier alpha value is 0.250. The Morgan fingerprint density at radius 3 is 2.88 bits per heavy atom. The molecule has 3 rings (SSSR count). The number of hydrogen-bond donors (Lipinski definition) is 1. The van der Waals surface area contributed by atoms with Crippen molar-refractivity contribution in [3.63, 3.8) is 0 Å². The third-order valence-corrected chi connectivity index (χ3v) is 6.87. The Balaban J connectivity index is 1.74. The molecule has 2 nitrogen and oxygen atoms in total. The zero-order chi connectivity index (χ0) is 11.8. The number of hydrogen-bond acceptors (Lipinski definition) is 4. The first-order valence-electron chi connectivity index (χ1n) is 5.35. The van der Waals surface area contributed by atoms with E-state index in [-0.39, 0.29) is 0 Å². The first-order valence-corrected chi connectivity index (χ1v) is 8.63. The van der Waals surface area contributed by atoms with Crippen LogP contribution in [0.2, 0.25) is 0 Å². The van der Waals surface area contributed by atoms with Gasteiger partial charge < -0.3 is 5.32 Å². The van der Waals surface area contributed by atoms with Crippen LogP contribution in [0, 0.1) is 0 Å². The fraction of sp³-hybridized carbons (Fsp3) is 0.364. The number of halogens is 2. The lowest BCUT2D eigenvalue weighted by molar-refractivity contribution is 0.678. The molecule has 1 aliphatic carbocycles. The van der Waals surface area contributed by atoms with Gasteiger partial charge in [0.05, 0.1) is 14.4 Å². The van der Waals surface area contributed by atoms with Crippen LogP contribution in [0.1, 0.15) is 18.5 Å². The van der Waals surface area contributed by atoms with Gasteiger partial charge in [0.15, 0.2) is 0 Å². The normalized spacial score (nSPS) is 15.4. The van der Waals surface area contributed by atoms with Crippen molar-refractivity contribution >= 4 is 54.5 Å². The van der Waals surface area contributed by atoms with Gasteiger partial charge in [-0.1, -0.05) is 0 Å². The Kier molecular flexibility index (Phi) is 3.68. The summed E-state index contributed by atoms with van der Waals surface area (Å²) in [5.41, 5.74) is 1.15. The van der Waals surface area contributed by atoms with Gasteiger partial charge in [0.25, 0.3) is 0 Å². The highest BCUT2D eigenvalue weighted by Gasteiger charge is 2.20. The second kappa shape index (κ2) is 5.09. The van der Waals surface area contributed by atoms with Gasteiger partial charge in [-0.25, -0.2) is 4.98 Å². The van der Waals surface area contributed by atoms with E-state index in [1.165, 1.54) is 17.7 Å². The number of thiophene rings is 1. The van der Waals surface area contributed by atoms with Crippen molar-refractivity contribution in [2.24, 2.45) is 0 Å². The van der Waals surface area contributed by atoms with E-state index in [0.717, 1.165) is 31.5 Å². The molecule has 1 N–H and O–H groups in total. The van der Waals surface area contributed by atoms with Crippen LogP contribution in [0.15, 0.2) is 19.7 Å². The van der Waals surface area contributed by atoms with Crippen molar-refractivity contribution in [1.29, 1.82) is 0 Å². The molecule has 0 aromatic carbocycles. The molecule has 2 heterocycles. The van der Waals surface area contributed by atoms with Gasteiger partial charge in [0.2, 0.25) is 0 Å². The standard InChI is InChI=1S/C11H10Br2N2S2/c12-8-3-9(17-10(8)13)11-15-7(5-16-11)4-14-6-1-2-6/h3,5-6,14H,1-2,4H2. The Morgan fingerprint density at radius 2 is 2.24 bits per heavy atom. The summed E-state index contributed by atoms with van der Waals surface area (Å²) in [6, 6.07) is 2.86. The van der Waals surface area contributed by atoms with Gasteiger partial charge in [0.1, 0.15) is 5.01 Å². The predicted octanol–water partition coefficient (Wildman–Crippen LogP) is 4.65. The molecule has 0 saturated heterocycles. The van der Waals surface area contributed by atoms with Gasteiger partial charge in [-0.15, -0.1) is 22.7 Å². The fourth-order valence-corrected chi connectivity index (χ4v) is 4.41. The van der Waals surface area contributed by atoms with Crippen LogP contribution in [-0.2, 0) is 6.54 Å². The molecule has 6 heteroatoms. The zero-order valence-electron chi connectivity index (χ0n) is 8.87. The van der Waals surface area contributed by atoms with Crippen molar-refractivity contribution in [3.8, 4) is 9.88 Å². The van der Waals surface area contributed by atoms with Crippen molar-refractivity contribution in [2.45, 2.75) is 25.4 Å². The van der Waals surface area contributed by atoms with Crippen molar-refractivity contribution in [1.82, 2.24) is 10.3 Å². The molecule has 1 fully saturated rings. The van der Waals surface area contributed by atoms with Crippen molar-refractivity contribution in [3.05, 3.63) is 25.4 Å². The van der Waals surface area contributed by atoms with Crippen LogP contribution in [-0.4, -0.2) is 11.0 Å². The van der Waals surface area contributed by atoms with E-state index in [0.29, 0.717) is 0 Å². The SMILES string of the molecule is Brc1cc(-c2nc(CNC3CC3)cs2)sc1Br. The maximum atomic E-state index is 4.66. The van der Waals surface area contributed by atoms with Crippen LogP contribution in [0.4, 0.5) is 0 Å². The molecular weight excluding hydrogens is 384 g/mol. The number of rotatable bonds is 4. The van der Waals surface area contributed by atoms with E-state index in [2.05, 4.69) is 53.6 Å². The van der Waals surface area contributed by atoms with E-state index < -0.39 is 0 Å². The monoisotopic (exact) mass is 392 g/mol. The molecule has 0 amide bonds. The van der Waals surface area contributed by atoms with Crippen LogP contribution < -0.4 is 5.32 Å². The van der Waals surface area contributed by atoms with Crippen LogP contribution in [0.5, 0.6) is 0 Å². The minimum atomic E-state index is 0.741. The fourth-order valence-electron chi connectivity index (χ4n) is 1.49. The highest BCUT2D eigenvalue weighted by Crippen LogP contribution is 2.39. The van der Waals surface area contributed by atoms with Crippen LogP contribution in [0.3, 0.4) is 0 Å². The molecule has 90 valence electrons. The summed E-state index contributed by atoms with van der Waals surface area (Å²) < 4.78 is 2.23. The lowest BCUT2D eigenvalue weighted by atomic mass is 10.4. The highest BCUT2D eigenvalue weighted by molar-refractivity contribution is 9.13. The average molecular weight is 394 g/mol. The smallest absolute Gasteiger partial charge is 0.133 e. The summed E-state index contributed by atoms with van der Waals surface area (Å²) >= 11 is 10.4. The quantitative estimate of drug-likeness (QED) is 0.817. The van der Waals surface area contributed by atoms with Gasteiger partial charge >= 0.3 is 0 Å². The van der Waals surface area contributed by atoms with E-state index in [1.807, 2.05) is 0 Å².